The average molecular weight is 252 g/mol. The smallest absolute Gasteiger partial charge is 0.238 e. The van der Waals surface area contributed by atoms with Gasteiger partial charge in [-0.15, -0.1) is 0 Å². The van der Waals surface area contributed by atoms with E-state index in [-0.39, 0.29) is 18.2 Å². The largest absolute Gasteiger partial charge is 0.506 e. The highest BCUT2D eigenvalue weighted by atomic mass is 16.5. The number of rotatable bonds is 7. The highest BCUT2D eigenvalue weighted by molar-refractivity contribution is 5.93. The van der Waals surface area contributed by atoms with Gasteiger partial charge in [-0.25, -0.2) is 0 Å². The molecule has 0 atom stereocenters. The third kappa shape index (κ3) is 4.73. The van der Waals surface area contributed by atoms with Crippen molar-refractivity contribution in [2.75, 3.05) is 32.1 Å². The molecule has 100 valence electrons. The zero-order valence-corrected chi connectivity index (χ0v) is 10.8. The van der Waals surface area contributed by atoms with Crippen LogP contribution in [0.15, 0.2) is 18.2 Å². The Kier molecular flexibility index (Phi) is 6.18. The first-order valence-corrected chi connectivity index (χ1v) is 5.98. The molecule has 0 aromatic heterocycles. The average Bonchev–Trinajstić information content (AvgIpc) is 2.37. The molecule has 0 aliphatic carbocycles. The number of hydrogen-bond donors (Lipinski definition) is 3. The molecule has 1 amide bonds. The maximum atomic E-state index is 11.6. The summed E-state index contributed by atoms with van der Waals surface area (Å²) in [6.07, 6.45) is 0.856. The minimum Gasteiger partial charge on any atom is -0.506 e. The minimum absolute atomic E-state index is 0.0810. The van der Waals surface area contributed by atoms with Gasteiger partial charge in [0.25, 0.3) is 0 Å². The molecule has 0 aliphatic rings. The third-order valence-corrected chi connectivity index (χ3v) is 2.51. The van der Waals surface area contributed by atoms with Crippen molar-refractivity contribution >= 4 is 11.6 Å². The lowest BCUT2D eigenvalue weighted by atomic mass is 10.1. The number of aryl methyl sites for hydroxylation is 1. The normalized spacial score (nSPS) is 10.3. The molecule has 1 rings (SSSR count). The molecule has 0 saturated heterocycles. The molecule has 0 fully saturated rings. The number of aromatic hydroxyl groups is 1. The molecule has 0 aliphatic heterocycles. The molecule has 0 spiro atoms. The topological polar surface area (TPSA) is 70.6 Å². The maximum absolute atomic E-state index is 11.6. The van der Waals surface area contributed by atoms with Crippen LogP contribution in [0.1, 0.15) is 12.5 Å². The Hall–Kier alpha value is -1.59. The quantitative estimate of drug-likeness (QED) is 0.502. The molecule has 5 heteroatoms. The maximum Gasteiger partial charge on any atom is 0.238 e. The fourth-order valence-electron chi connectivity index (χ4n) is 1.47. The van der Waals surface area contributed by atoms with Crippen molar-refractivity contribution in [2.24, 2.45) is 0 Å². The number of carbonyl (C=O) groups is 1. The van der Waals surface area contributed by atoms with Crippen molar-refractivity contribution in [2.45, 2.75) is 13.3 Å². The predicted molar refractivity (Wildman–Crippen MR) is 70.9 cm³/mol. The van der Waals surface area contributed by atoms with Gasteiger partial charge in [0, 0.05) is 13.7 Å². The van der Waals surface area contributed by atoms with Crippen LogP contribution in [0.2, 0.25) is 0 Å². The Morgan fingerprint density at radius 2 is 2.22 bits per heavy atom. The number of ether oxygens (including phenoxy) is 1. The summed E-state index contributed by atoms with van der Waals surface area (Å²) >= 11 is 0. The van der Waals surface area contributed by atoms with Crippen LogP contribution in [0.25, 0.3) is 0 Å². The van der Waals surface area contributed by atoms with Gasteiger partial charge in [0.2, 0.25) is 5.91 Å². The fourth-order valence-corrected chi connectivity index (χ4v) is 1.47. The molecule has 5 nitrogen and oxygen atoms in total. The van der Waals surface area contributed by atoms with Crippen LogP contribution in [0.3, 0.4) is 0 Å². The van der Waals surface area contributed by atoms with Crippen LogP contribution in [0.4, 0.5) is 5.69 Å². The van der Waals surface area contributed by atoms with Crippen molar-refractivity contribution in [3.8, 4) is 5.75 Å². The summed E-state index contributed by atoms with van der Waals surface area (Å²) in [4.78, 5) is 11.6. The molecule has 0 bridgehead atoms. The first-order chi connectivity index (χ1) is 8.67. The first kappa shape index (κ1) is 14.5. The Morgan fingerprint density at radius 1 is 1.44 bits per heavy atom. The van der Waals surface area contributed by atoms with Crippen molar-refractivity contribution < 1.29 is 14.6 Å². The number of methoxy groups -OCH3 is 1. The second-order valence-electron chi connectivity index (χ2n) is 3.92. The number of phenols is 1. The van der Waals surface area contributed by atoms with E-state index in [0.29, 0.717) is 18.8 Å². The molecule has 1 aromatic carbocycles. The van der Waals surface area contributed by atoms with Gasteiger partial charge in [-0.2, -0.15) is 0 Å². The second kappa shape index (κ2) is 7.68. The number of nitrogens with one attached hydrogen (secondary N) is 2. The van der Waals surface area contributed by atoms with Gasteiger partial charge in [0.05, 0.1) is 18.8 Å². The van der Waals surface area contributed by atoms with Gasteiger partial charge in [-0.1, -0.05) is 13.0 Å². The van der Waals surface area contributed by atoms with Crippen molar-refractivity contribution in [3.63, 3.8) is 0 Å². The number of hydrogen-bond acceptors (Lipinski definition) is 4. The number of carbonyl (C=O) groups excluding carboxylic acids is 1. The predicted octanol–water partition coefficient (Wildman–Crippen LogP) is 1.13. The van der Waals surface area contributed by atoms with Crippen molar-refractivity contribution in [1.29, 1.82) is 0 Å². The molecule has 1 aromatic rings. The van der Waals surface area contributed by atoms with E-state index in [0.717, 1.165) is 12.0 Å². The molecule has 0 heterocycles. The van der Waals surface area contributed by atoms with Crippen LogP contribution >= 0.6 is 0 Å². The summed E-state index contributed by atoms with van der Waals surface area (Å²) < 4.78 is 4.86. The van der Waals surface area contributed by atoms with E-state index in [9.17, 15) is 9.90 Å². The lowest BCUT2D eigenvalue weighted by Gasteiger charge is -2.09. The standard InChI is InChI=1S/C13H20N2O3/c1-3-10-4-5-12(16)11(8-10)15-13(17)9-14-6-7-18-2/h4-5,8,14,16H,3,6-7,9H2,1-2H3,(H,15,17). The SMILES string of the molecule is CCc1ccc(O)c(NC(=O)CNCCOC)c1. The summed E-state index contributed by atoms with van der Waals surface area (Å²) in [6.45, 7) is 3.39. The van der Waals surface area contributed by atoms with E-state index in [1.54, 1.807) is 19.2 Å². The van der Waals surface area contributed by atoms with E-state index in [2.05, 4.69) is 10.6 Å². The minimum atomic E-state index is -0.186. The van der Waals surface area contributed by atoms with E-state index in [1.165, 1.54) is 0 Å². The number of anilines is 1. The highest BCUT2D eigenvalue weighted by Crippen LogP contribution is 2.24. The van der Waals surface area contributed by atoms with E-state index in [4.69, 9.17) is 4.74 Å². The molecule has 18 heavy (non-hydrogen) atoms. The van der Waals surface area contributed by atoms with E-state index in [1.807, 2.05) is 13.0 Å². The lowest BCUT2D eigenvalue weighted by Crippen LogP contribution is -2.30. The van der Waals surface area contributed by atoms with Gasteiger partial charge in [-0.05, 0) is 24.1 Å². The molecular formula is C13H20N2O3. The fraction of sp³-hybridized carbons (Fsp3) is 0.462. The van der Waals surface area contributed by atoms with E-state index < -0.39 is 0 Å². The Morgan fingerprint density at radius 3 is 2.89 bits per heavy atom. The number of amides is 1. The van der Waals surface area contributed by atoms with Crippen LogP contribution in [0.5, 0.6) is 5.75 Å². The molecular weight excluding hydrogens is 232 g/mol. The zero-order valence-electron chi connectivity index (χ0n) is 10.8. The summed E-state index contributed by atoms with van der Waals surface area (Å²) in [5.41, 5.74) is 1.52. The molecule has 0 unspecified atom stereocenters. The first-order valence-electron chi connectivity index (χ1n) is 5.98. The second-order valence-corrected chi connectivity index (χ2v) is 3.92. The Labute approximate surface area is 107 Å². The summed E-state index contributed by atoms with van der Waals surface area (Å²) in [7, 11) is 1.61. The zero-order chi connectivity index (χ0) is 13.4. The lowest BCUT2D eigenvalue weighted by molar-refractivity contribution is -0.115. The summed E-state index contributed by atoms with van der Waals surface area (Å²) in [5, 5.41) is 15.2. The van der Waals surface area contributed by atoms with Crippen LogP contribution in [-0.2, 0) is 16.0 Å². The molecule has 0 saturated carbocycles. The van der Waals surface area contributed by atoms with Crippen molar-refractivity contribution in [3.05, 3.63) is 23.8 Å². The number of phenolic OH excluding ortho intramolecular Hbond substituents is 1. The van der Waals surface area contributed by atoms with Gasteiger partial charge in [0.1, 0.15) is 5.75 Å². The Balaban J connectivity index is 2.48. The van der Waals surface area contributed by atoms with Crippen LogP contribution in [-0.4, -0.2) is 37.8 Å². The monoisotopic (exact) mass is 252 g/mol. The van der Waals surface area contributed by atoms with Gasteiger partial charge in [-0.3, -0.25) is 4.79 Å². The van der Waals surface area contributed by atoms with E-state index >= 15 is 0 Å². The summed E-state index contributed by atoms with van der Waals surface area (Å²) in [5.74, 6) is -0.105. The van der Waals surface area contributed by atoms with Crippen molar-refractivity contribution in [1.82, 2.24) is 5.32 Å². The number of benzene rings is 1. The molecule has 0 radical (unpaired) electrons. The van der Waals surface area contributed by atoms with Gasteiger partial charge in [0.15, 0.2) is 0 Å². The Bertz CT molecular complexity index is 394. The molecule has 3 N–H and O–H groups in total. The highest BCUT2D eigenvalue weighted by Gasteiger charge is 2.06. The van der Waals surface area contributed by atoms with Gasteiger partial charge >= 0.3 is 0 Å². The van der Waals surface area contributed by atoms with Gasteiger partial charge < -0.3 is 20.5 Å². The third-order valence-electron chi connectivity index (χ3n) is 2.51. The summed E-state index contributed by atoms with van der Waals surface area (Å²) in [6, 6.07) is 5.21. The van der Waals surface area contributed by atoms with Crippen LogP contribution < -0.4 is 10.6 Å². The van der Waals surface area contributed by atoms with Crippen LogP contribution in [0, 0.1) is 0 Å².